The summed E-state index contributed by atoms with van der Waals surface area (Å²) in [6.45, 7) is 0.574. The fourth-order valence-corrected chi connectivity index (χ4v) is 3.67. The zero-order valence-electron chi connectivity index (χ0n) is 11.8. The van der Waals surface area contributed by atoms with Crippen LogP contribution >= 0.6 is 23.6 Å². The highest BCUT2D eigenvalue weighted by atomic mass is 32.1. The summed E-state index contributed by atoms with van der Waals surface area (Å²) in [5.41, 5.74) is 4.32. The van der Waals surface area contributed by atoms with E-state index in [0.29, 0.717) is 17.4 Å². The molecule has 0 atom stereocenters. The summed E-state index contributed by atoms with van der Waals surface area (Å²) in [5.74, 6) is -0.233. The Morgan fingerprint density at radius 3 is 2.74 bits per heavy atom. The number of thiocarbonyl (C=S) groups is 1. The van der Waals surface area contributed by atoms with Gasteiger partial charge in [-0.3, -0.25) is 14.9 Å². The monoisotopic (exact) mass is 341 g/mol. The summed E-state index contributed by atoms with van der Waals surface area (Å²) in [6.07, 6.45) is 1.78. The minimum Gasteiger partial charge on any atom is -0.348 e. The number of rotatable bonds is 2. The second-order valence-corrected chi connectivity index (χ2v) is 6.61. The zero-order chi connectivity index (χ0) is 16.0. The first-order chi connectivity index (χ1) is 11.1. The van der Waals surface area contributed by atoms with Gasteiger partial charge in [0.2, 0.25) is 0 Å². The summed E-state index contributed by atoms with van der Waals surface area (Å²) < 4.78 is 0. The first-order valence-corrected chi connectivity index (χ1v) is 8.23. The molecule has 114 valence electrons. The predicted octanol–water partition coefficient (Wildman–Crippen LogP) is 2.00. The molecular formula is C16H11N3O2S2. The molecule has 2 amide bonds. The normalized spacial score (nSPS) is 17.9. The second-order valence-electron chi connectivity index (χ2n) is 5.26. The molecule has 1 fully saturated rings. The Hall–Kier alpha value is -2.51. The lowest BCUT2D eigenvalue weighted by molar-refractivity contribution is -0.115. The first kappa shape index (κ1) is 14.1. The minimum absolute atomic E-state index is 0.0171. The quantitative estimate of drug-likeness (QED) is 0.577. The summed E-state index contributed by atoms with van der Waals surface area (Å²) in [6, 6.07) is 7.84. The molecule has 0 spiro atoms. The van der Waals surface area contributed by atoms with Gasteiger partial charge in [-0.15, -0.1) is 11.3 Å². The average molecular weight is 341 g/mol. The number of thiophene rings is 1. The number of fused-ring (bicyclic) bond motifs is 1. The fourth-order valence-electron chi connectivity index (χ4n) is 2.62. The van der Waals surface area contributed by atoms with Gasteiger partial charge >= 0.3 is 0 Å². The Labute approximate surface area is 141 Å². The Balaban J connectivity index is 1.64. The van der Waals surface area contributed by atoms with Crippen LogP contribution in [0.5, 0.6) is 0 Å². The number of nitrogens with one attached hydrogen (secondary N) is 3. The van der Waals surface area contributed by atoms with Gasteiger partial charge in [0.25, 0.3) is 11.8 Å². The molecule has 23 heavy (non-hydrogen) atoms. The van der Waals surface area contributed by atoms with Crippen molar-refractivity contribution >= 4 is 46.6 Å². The van der Waals surface area contributed by atoms with Crippen molar-refractivity contribution in [3.8, 4) is 11.1 Å². The van der Waals surface area contributed by atoms with E-state index in [0.717, 1.165) is 27.1 Å². The molecule has 2 aliphatic rings. The highest BCUT2D eigenvalue weighted by Gasteiger charge is 2.21. The van der Waals surface area contributed by atoms with Crippen LogP contribution in [0, 0.1) is 0 Å². The fraction of sp³-hybridized carbons (Fsp3) is 0.0625. The number of benzene rings is 1. The summed E-state index contributed by atoms with van der Waals surface area (Å²) in [4.78, 5) is 24.2. The molecule has 0 bridgehead atoms. The lowest BCUT2D eigenvalue weighted by atomic mass is 10.0. The molecule has 2 aromatic rings. The van der Waals surface area contributed by atoms with Gasteiger partial charge < -0.3 is 10.6 Å². The molecular weight excluding hydrogens is 330 g/mol. The van der Waals surface area contributed by atoms with E-state index in [1.807, 2.05) is 29.6 Å². The van der Waals surface area contributed by atoms with E-state index in [1.165, 1.54) is 0 Å². The van der Waals surface area contributed by atoms with E-state index in [1.54, 1.807) is 17.4 Å². The van der Waals surface area contributed by atoms with Crippen molar-refractivity contribution in [3.63, 3.8) is 0 Å². The molecule has 1 aromatic heterocycles. The maximum Gasteiger partial charge on any atom is 0.273 e. The van der Waals surface area contributed by atoms with Gasteiger partial charge in [-0.1, -0.05) is 6.07 Å². The van der Waals surface area contributed by atoms with Crippen LogP contribution in [0.15, 0.2) is 35.3 Å². The smallest absolute Gasteiger partial charge is 0.273 e. The van der Waals surface area contributed by atoms with Crippen molar-refractivity contribution in [1.82, 2.24) is 16.0 Å². The third-order valence-corrected chi connectivity index (χ3v) is 4.83. The highest BCUT2D eigenvalue weighted by molar-refractivity contribution is 7.80. The molecule has 3 N–H and O–H groups in total. The highest BCUT2D eigenvalue weighted by Crippen LogP contribution is 2.29. The minimum atomic E-state index is -0.216. The topological polar surface area (TPSA) is 70.2 Å². The summed E-state index contributed by atoms with van der Waals surface area (Å²) in [5, 5.41) is 10.5. The lowest BCUT2D eigenvalue weighted by Gasteiger charge is -2.00. The van der Waals surface area contributed by atoms with Gasteiger partial charge in [-0.25, -0.2) is 0 Å². The first-order valence-electron chi connectivity index (χ1n) is 6.94. The Morgan fingerprint density at radius 1 is 1.09 bits per heavy atom. The molecule has 1 saturated heterocycles. The third-order valence-electron chi connectivity index (χ3n) is 3.75. The van der Waals surface area contributed by atoms with Crippen LogP contribution in [-0.2, 0) is 11.3 Å². The van der Waals surface area contributed by atoms with Gasteiger partial charge in [-0.2, -0.15) is 0 Å². The van der Waals surface area contributed by atoms with Crippen LogP contribution in [0.3, 0.4) is 0 Å². The number of carbonyl (C=O) groups is 2. The van der Waals surface area contributed by atoms with Crippen molar-refractivity contribution in [3.05, 3.63) is 51.3 Å². The molecule has 0 saturated carbocycles. The largest absolute Gasteiger partial charge is 0.348 e. The molecule has 0 aliphatic carbocycles. The average Bonchev–Trinajstić information content (AvgIpc) is 3.21. The van der Waals surface area contributed by atoms with Crippen LogP contribution in [0.2, 0.25) is 0 Å². The maximum absolute atomic E-state index is 11.7. The van der Waals surface area contributed by atoms with Crippen molar-refractivity contribution in [2.75, 3.05) is 0 Å². The van der Waals surface area contributed by atoms with Crippen LogP contribution < -0.4 is 16.0 Å². The van der Waals surface area contributed by atoms with E-state index in [2.05, 4.69) is 16.0 Å². The maximum atomic E-state index is 11.7. The Morgan fingerprint density at radius 2 is 1.96 bits per heavy atom. The summed E-state index contributed by atoms with van der Waals surface area (Å²) in [7, 11) is 0. The van der Waals surface area contributed by atoms with Crippen LogP contribution in [0.1, 0.15) is 20.8 Å². The van der Waals surface area contributed by atoms with Crippen LogP contribution in [0.4, 0.5) is 0 Å². The van der Waals surface area contributed by atoms with Gasteiger partial charge in [0.1, 0.15) is 5.70 Å². The predicted molar refractivity (Wildman–Crippen MR) is 92.8 cm³/mol. The van der Waals surface area contributed by atoms with Crippen molar-refractivity contribution in [2.24, 2.45) is 0 Å². The van der Waals surface area contributed by atoms with Gasteiger partial charge in [0.05, 0.1) is 0 Å². The molecule has 0 unspecified atom stereocenters. The molecule has 0 radical (unpaired) electrons. The third kappa shape index (κ3) is 2.54. The Kier molecular flexibility index (Phi) is 3.24. The van der Waals surface area contributed by atoms with E-state index in [-0.39, 0.29) is 11.8 Å². The van der Waals surface area contributed by atoms with Crippen molar-refractivity contribution in [1.29, 1.82) is 0 Å². The second kappa shape index (κ2) is 5.29. The van der Waals surface area contributed by atoms with Gasteiger partial charge in [-0.05, 0) is 58.6 Å². The number of amides is 2. The molecule has 5 nitrogen and oxygen atoms in total. The number of carbonyl (C=O) groups excluding carboxylic acids is 2. The number of hydrogen-bond acceptors (Lipinski definition) is 4. The van der Waals surface area contributed by atoms with Crippen LogP contribution in [-0.4, -0.2) is 16.9 Å². The molecule has 7 heteroatoms. The van der Waals surface area contributed by atoms with Gasteiger partial charge in [0, 0.05) is 17.0 Å². The lowest BCUT2D eigenvalue weighted by Crippen LogP contribution is -2.21. The van der Waals surface area contributed by atoms with E-state index in [9.17, 15) is 9.59 Å². The SMILES string of the molecule is O=C1NC(=S)N/C1=C/c1cc(-c2ccc3c(c2)CNC3=O)cs1. The van der Waals surface area contributed by atoms with Crippen molar-refractivity contribution < 1.29 is 9.59 Å². The van der Waals surface area contributed by atoms with E-state index >= 15 is 0 Å². The van der Waals surface area contributed by atoms with Crippen molar-refractivity contribution in [2.45, 2.75) is 6.54 Å². The van der Waals surface area contributed by atoms with Crippen LogP contribution in [0.25, 0.3) is 17.2 Å². The Bertz CT molecular complexity index is 898. The van der Waals surface area contributed by atoms with E-state index < -0.39 is 0 Å². The molecule has 2 aliphatic heterocycles. The molecule has 4 rings (SSSR count). The molecule has 3 heterocycles. The molecule has 1 aromatic carbocycles. The standard InChI is InChI=1S/C16H11N3O2S2/c20-14-12-2-1-8(3-9(12)6-17-14)10-4-11(23-7-10)5-13-15(21)19-16(22)18-13/h1-5,7H,6H2,(H,17,20)(H2,18,19,21,22)/b13-5+. The summed E-state index contributed by atoms with van der Waals surface area (Å²) >= 11 is 6.46. The van der Waals surface area contributed by atoms with E-state index in [4.69, 9.17) is 12.2 Å². The zero-order valence-corrected chi connectivity index (χ0v) is 13.4. The van der Waals surface area contributed by atoms with Gasteiger partial charge in [0.15, 0.2) is 5.11 Å². The number of hydrogen-bond donors (Lipinski definition) is 3.